The van der Waals surface area contributed by atoms with Gasteiger partial charge < -0.3 is 10.2 Å². The van der Waals surface area contributed by atoms with Gasteiger partial charge in [0.25, 0.3) is 0 Å². The number of piperidine rings is 3. The molecule has 0 aliphatic carbocycles. The van der Waals surface area contributed by atoms with Crippen molar-refractivity contribution in [3.63, 3.8) is 0 Å². The highest BCUT2D eigenvalue weighted by atomic mass is 15.2. The molecule has 2 unspecified atom stereocenters. The Balaban J connectivity index is 1.76. The maximum Gasteiger partial charge on any atom is 0.0351 e. The molecule has 0 amide bonds. The lowest BCUT2D eigenvalue weighted by molar-refractivity contribution is 0.0616. The summed E-state index contributed by atoms with van der Waals surface area (Å²) < 4.78 is 0. The van der Waals surface area contributed by atoms with E-state index in [-0.39, 0.29) is 0 Å². The zero-order valence-electron chi connectivity index (χ0n) is 13.6. The fourth-order valence-corrected chi connectivity index (χ4v) is 4.31. The van der Waals surface area contributed by atoms with E-state index < -0.39 is 0 Å². The lowest BCUT2D eigenvalue weighted by Gasteiger charge is -2.47. The first kappa shape index (κ1) is 15.1. The van der Waals surface area contributed by atoms with Gasteiger partial charge >= 0.3 is 0 Å². The Morgan fingerprint density at radius 2 is 1.76 bits per heavy atom. The van der Waals surface area contributed by atoms with Crippen molar-refractivity contribution in [3.05, 3.63) is 35.9 Å². The molecule has 1 aromatic rings. The Hall–Kier alpha value is -0.860. The number of fused-ring (bicyclic) bond motifs is 3. The molecule has 116 valence electrons. The molecule has 0 radical (unpaired) electrons. The zero-order chi connectivity index (χ0) is 14.7. The number of nitrogens with zero attached hydrogens (tertiary/aromatic N) is 1. The summed E-state index contributed by atoms with van der Waals surface area (Å²) in [5.74, 6) is 1.64. The summed E-state index contributed by atoms with van der Waals surface area (Å²) >= 11 is 0. The Kier molecular flexibility index (Phi) is 4.97. The van der Waals surface area contributed by atoms with Crippen molar-refractivity contribution in [1.82, 2.24) is 10.2 Å². The number of benzene rings is 1. The standard InChI is InChI=1S/C19H30N2/c1-3-15(4-2)19(17-8-6-5-7-9-17)20-18-14-21-12-10-16(18)11-13-21/h5-9,15-16,18-20H,3-4,10-14H2,1-2H3. The Morgan fingerprint density at radius 3 is 2.29 bits per heavy atom. The second kappa shape index (κ2) is 6.93. The smallest absolute Gasteiger partial charge is 0.0351 e. The Labute approximate surface area is 129 Å². The lowest BCUT2D eigenvalue weighted by atomic mass is 9.81. The van der Waals surface area contributed by atoms with Crippen LogP contribution < -0.4 is 5.32 Å². The van der Waals surface area contributed by atoms with Gasteiger partial charge in [-0.25, -0.2) is 0 Å². The molecule has 2 nitrogen and oxygen atoms in total. The Bertz CT molecular complexity index is 418. The first-order valence-corrected chi connectivity index (χ1v) is 8.85. The van der Waals surface area contributed by atoms with Gasteiger partial charge in [-0.15, -0.1) is 0 Å². The van der Waals surface area contributed by atoms with E-state index in [4.69, 9.17) is 0 Å². The van der Waals surface area contributed by atoms with Gasteiger partial charge in [0, 0.05) is 18.6 Å². The van der Waals surface area contributed by atoms with Crippen LogP contribution in [0.1, 0.15) is 51.1 Å². The van der Waals surface area contributed by atoms with E-state index >= 15 is 0 Å². The maximum atomic E-state index is 4.06. The molecule has 21 heavy (non-hydrogen) atoms. The van der Waals surface area contributed by atoms with Gasteiger partial charge in [0.1, 0.15) is 0 Å². The van der Waals surface area contributed by atoms with Crippen LogP contribution in [0.4, 0.5) is 0 Å². The van der Waals surface area contributed by atoms with Gasteiger partial charge in [0.15, 0.2) is 0 Å². The van der Waals surface area contributed by atoms with E-state index in [2.05, 4.69) is 54.4 Å². The predicted octanol–water partition coefficient (Wildman–Crippen LogP) is 3.85. The fourth-order valence-electron chi connectivity index (χ4n) is 4.31. The molecule has 3 aliphatic heterocycles. The summed E-state index contributed by atoms with van der Waals surface area (Å²) in [6.45, 7) is 8.58. The van der Waals surface area contributed by atoms with Crippen molar-refractivity contribution >= 4 is 0 Å². The molecule has 2 atom stereocenters. The van der Waals surface area contributed by atoms with Crippen LogP contribution in [0.25, 0.3) is 0 Å². The highest BCUT2D eigenvalue weighted by Gasteiger charge is 2.36. The third-order valence-corrected chi connectivity index (χ3v) is 5.73. The molecular formula is C19H30N2. The average molecular weight is 286 g/mol. The van der Waals surface area contributed by atoms with Crippen LogP contribution >= 0.6 is 0 Å². The van der Waals surface area contributed by atoms with Gasteiger partial charge in [-0.2, -0.15) is 0 Å². The molecule has 1 aromatic carbocycles. The number of nitrogens with one attached hydrogen (secondary N) is 1. The van der Waals surface area contributed by atoms with Crippen molar-refractivity contribution in [2.75, 3.05) is 19.6 Å². The van der Waals surface area contributed by atoms with E-state index in [1.54, 1.807) is 0 Å². The molecule has 2 bridgehead atoms. The van der Waals surface area contributed by atoms with Crippen LogP contribution in [0.3, 0.4) is 0 Å². The van der Waals surface area contributed by atoms with Crippen LogP contribution in [-0.4, -0.2) is 30.6 Å². The zero-order valence-corrected chi connectivity index (χ0v) is 13.6. The quantitative estimate of drug-likeness (QED) is 0.854. The molecule has 1 N–H and O–H groups in total. The first-order chi connectivity index (χ1) is 10.3. The molecule has 3 saturated heterocycles. The van der Waals surface area contributed by atoms with Gasteiger partial charge in [-0.1, -0.05) is 57.0 Å². The topological polar surface area (TPSA) is 15.3 Å². The molecule has 3 fully saturated rings. The van der Waals surface area contributed by atoms with Crippen molar-refractivity contribution in [3.8, 4) is 0 Å². The summed E-state index contributed by atoms with van der Waals surface area (Å²) in [7, 11) is 0. The van der Waals surface area contributed by atoms with E-state index in [0.29, 0.717) is 12.1 Å². The van der Waals surface area contributed by atoms with Crippen molar-refractivity contribution < 1.29 is 0 Å². The largest absolute Gasteiger partial charge is 0.305 e. The molecule has 3 heterocycles. The van der Waals surface area contributed by atoms with Crippen molar-refractivity contribution in [1.29, 1.82) is 0 Å². The molecule has 0 saturated carbocycles. The van der Waals surface area contributed by atoms with Crippen LogP contribution in [0.5, 0.6) is 0 Å². The molecule has 2 heteroatoms. The van der Waals surface area contributed by atoms with Crippen LogP contribution in [-0.2, 0) is 0 Å². The summed E-state index contributed by atoms with van der Waals surface area (Å²) in [6, 6.07) is 12.3. The van der Waals surface area contributed by atoms with Crippen LogP contribution in [0, 0.1) is 11.8 Å². The average Bonchev–Trinajstić information content (AvgIpc) is 2.57. The maximum absolute atomic E-state index is 4.06. The minimum absolute atomic E-state index is 0.520. The van der Waals surface area contributed by atoms with E-state index in [1.165, 1.54) is 50.9 Å². The number of hydrogen-bond acceptors (Lipinski definition) is 2. The van der Waals surface area contributed by atoms with E-state index in [0.717, 1.165) is 11.8 Å². The number of hydrogen-bond donors (Lipinski definition) is 1. The highest BCUT2D eigenvalue weighted by molar-refractivity contribution is 5.20. The molecular weight excluding hydrogens is 256 g/mol. The van der Waals surface area contributed by atoms with Crippen molar-refractivity contribution in [2.24, 2.45) is 11.8 Å². The van der Waals surface area contributed by atoms with Crippen LogP contribution in [0.2, 0.25) is 0 Å². The summed E-state index contributed by atoms with van der Waals surface area (Å²) in [4.78, 5) is 2.65. The van der Waals surface area contributed by atoms with Crippen LogP contribution in [0.15, 0.2) is 30.3 Å². The summed E-state index contributed by atoms with van der Waals surface area (Å²) in [5.41, 5.74) is 1.47. The van der Waals surface area contributed by atoms with Gasteiger partial charge in [-0.05, 0) is 43.3 Å². The second-order valence-electron chi connectivity index (χ2n) is 6.88. The third kappa shape index (κ3) is 3.32. The molecule has 3 aliphatic rings. The summed E-state index contributed by atoms with van der Waals surface area (Å²) in [5, 5.41) is 4.06. The van der Waals surface area contributed by atoms with Gasteiger partial charge in [0.2, 0.25) is 0 Å². The molecule has 4 rings (SSSR count). The number of rotatable bonds is 6. The lowest BCUT2D eigenvalue weighted by Crippen LogP contribution is -2.57. The molecule has 0 aromatic heterocycles. The second-order valence-corrected chi connectivity index (χ2v) is 6.88. The van der Waals surface area contributed by atoms with Crippen molar-refractivity contribution in [2.45, 2.75) is 51.6 Å². The highest BCUT2D eigenvalue weighted by Crippen LogP contribution is 2.33. The minimum Gasteiger partial charge on any atom is -0.305 e. The third-order valence-electron chi connectivity index (χ3n) is 5.73. The SMILES string of the molecule is CCC(CC)C(NC1CN2CCC1CC2)c1ccccc1. The first-order valence-electron chi connectivity index (χ1n) is 8.85. The van der Waals surface area contributed by atoms with Gasteiger partial charge in [-0.3, -0.25) is 0 Å². The monoisotopic (exact) mass is 286 g/mol. The minimum atomic E-state index is 0.520. The summed E-state index contributed by atoms with van der Waals surface area (Å²) in [6.07, 6.45) is 5.29. The normalized spacial score (nSPS) is 29.8. The Morgan fingerprint density at radius 1 is 1.10 bits per heavy atom. The van der Waals surface area contributed by atoms with Gasteiger partial charge in [0.05, 0.1) is 0 Å². The molecule has 0 spiro atoms. The van der Waals surface area contributed by atoms with E-state index in [9.17, 15) is 0 Å². The van der Waals surface area contributed by atoms with E-state index in [1.807, 2.05) is 0 Å². The predicted molar refractivity (Wildman–Crippen MR) is 89.3 cm³/mol. The fraction of sp³-hybridized carbons (Fsp3) is 0.684.